The van der Waals surface area contributed by atoms with E-state index in [-0.39, 0.29) is 18.1 Å². The average molecular weight is 270 g/mol. The lowest BCUT2D eigenvalue weighted by atomic mass is 10.3. The highest BCUT2D eigenvalue weighted by Crippen LogP contribution is 2.20. The molecule has 7 heteroatoms. The third-order valence-corrected chi connectivity index (χ3v) is 3.66. The second-order valence-electron chi connectivity index (χ2n) is 4.25. The Bertz CT molecular complexity index is 404. The van der Waals surface area contributed by atoms with Crippen LogP contribution in [-0.2, 0) is 4.74 Å². The third-order valence-electron chi connectivity index (χ3n) is 2.88. The number of ether oxygens (including phenoxy) is 1. The number of amides is 2. The predicted octanol–water partition coefficient (Wildman–Crippen LogP) is 1.33. The molecule has 1 aromatic heterocycles. The topological polar surface area (TPSA) is 75.3 Å². The zero-order valence-electron chi connectivity index (χ0n) is 10.5. The molecule has 1 saturated heterocycles. The number of hydrogen-bond acceptors (Lipinski definition) is 5. The first-order valence-electron chi connectivity index (χ1n) is 5.97. The van der Waals surface area contributed by atoms with Crippen LogP contribution in [0.3, 0.4) is 0 Å². The van der Waals surface area contributed by atoms with E-state index in [0.717, 1.165) is 12.1 Å². The molecule has 1 aromatic rings. The van der Waals surface area contributed by atoms with Gasteiger partial charge >= 0.3 is 6.03 Å². The predicted molar refractivity (Wildman–Crippen MR) is 71.0 cm³/mol. The van der Waals surface area contributed by atoms with Gasteiger partial charge in [0.05, 0.1) is 18.3 Å². The summed E-state index contributed by atoms with van der Waals surface area (Å²) in [5, 5.41) is 11.3. The minimum atomic E-state index is -0.219. The van der Waals surface area contributed by atoms with Gasteiger partial charge in [-0.2, -0.15) is 0 Å². The van der Waals surface area contributed by atoms with Crippen molar-refractivity contribution in [2.75, 3.05) is 25.6 Å². The van der Waals surface area contributed by atoms with Crippen LogP contribution in [0, 0.1) is 0 Å². The Labute approximate surface area is 110 Å². The van der Waals surface area contributed by atoms with E-state index in [4.69, 9.17) is 4.74 Å². The SMILES string of the molecule is CNC(C)c1csc(NC(=O)NC2CCOC2)n1. The average Bonchev–Trinajstić information content (AvgIpc) is 2.99. The largest absolute Gasteiger partial charge is 0.379 e. The van der Waals surface area contributed by atoms with Crippen LogP contribution in [0.15, 0.2) is 5.38 Å². The quantitative estimate of drug-likeness (QED) is 0.771. The lowest BCUT2D eigenvalue weighted by Gasteiger charge is -2.10. The van der Waals surface area contributed by atoms with Crippen LogP contribution in [0.4, 0.5) is 9.93 Å². The monoisotopic (exact) mass is 270 g/mol. The standard InChI is InChI=1S/C11H18N4O2S/c1-7(12-2)9-6-18-11(14-9)15-10(16)13-8-3-4-17-5-8/h6-8,12H,3-5H2,1-2H3,(H2,13,14,15,16). The van der Waals surface area contributed by atoms with Gasteiger partial charge in [0.15, 0.2) is 5.13 Å². The van der Waals surface area contributed by atoms with Crippen molar-refractivity contribution in [1.82, 2.24) is 15.6 Å². The molecule has 18 heavy (non-hydrogen) atoms. The summed E-state index contributed by atoms with van der Waals surface area (Å²) in [6, 6.07) is 0.0762. The van der Waals surface area contributed by atoms with Gasteiger partial charge in [0.2, 0.25) is 0 Å². The van der Waals surface area contributed by atoms with E-state index in [2.05, 4.69) is 20.9 Å². The normalized spacial score (nSPS) is 20.7. The number of nitrogens with one attached hydrogen (secondary N) is 3. The number of carbonyl (C=O) groups excluding carboxylic acids is 1. The van der Waals surface area contributed by atoms with Crippen LogP contribution in [0.5, 0.6) is 0 Å². The van der Waals surface area contributed by atoms with Crippen molar-refractivity contribution in [3.05, 3.63) is 11.1 Å². The molecule has 1 aliphatic rings. The minimum Gasteiger partial charge on any atom is -0.379 e. The molecule has 6 nitrogen and oxygen atoms in total. The summed E-state index contributed by atoms with van der Waals surface area (Å²) in [7, 11) is 1.88. The first kappa shape index (κ1) is 13.3. The molecule has 2 amide bonds. The number of nitrogens with zero attached hydrogens (tertiary/aromatic N) is 1. The van der Waals surface area contributed by atoms with Crippen LogP contribution >= 0.6 is 11.3 Å². The van der Waals surface area contributed by atoms with E-state index in [0.29, 0.717) is 18.3 Å². The molecular formula is C11H18N4O2S. The van der Waals surface area contributed by atoms with E-state index >= 15 is 0 Å². The van der Waals surface area contributed by atoms with Gasteiger partial charge in [-0.25, -0.2) is 9.78 Å². The molecule has 0 aromatic carbocycles. The fraction of sp³-hybridized carbons (Fsp3) is 0.636. The maximum Gasteiger partial charge on any atom is 0.321 e. The first-order valence-corrected chi connectivity index (χ1v) is 6.85. The third kappa shape index (κ3) is 3.41. The number of thiazole rings is 1. The van der Waals surface area contributed by atoms with Crippen LogP contribution in [0.1, 0.15) is 25.1 Å². The summed E-state index contributed by atoms with van der Waals surface area (Å²) in [5.74, 6) is 0. The molecular weight excluding hydrogens is 252 g/mol. The van der Waals surface area contributed by atoms with Gasteiger partial charge < -0.3 is 15.4 Å². The van der Waals surface area contributed by atoms with Gasteiger partial charge in [-0.05, 0) is 20.4 Å². The number of rotatable bonds is 4. The Morgan fingerprint density at radius 2 is 2.50 bits per heavy atom. The molecule has 3 N–H and O–H groups in total. The summed E-state index contributed by atoms with van der Waals surface area (Å²) < 4.78 is 5.19. The fourth-order valence-corrected chi connectivity index (χ4v) is 2.46. The fourth-order valence-electron chi connectivity index (χ4n) is 1.66. The van der Waals surface area contributed by atoms with Crippen LogP contribution in [0.2, 0.25) is 0 Å². The second kappa shape index (κ2) is 6.12. The molecule has 0 spiro atoms. The Morgan fingerprint density at radius 1 is 1.67 bits per heavy atom. The number of anilines is 1. The van der Waals surface area contributed by atoms with Gasteiger partial charge in [-0.15, -0.1) is 11.3 Å². The van der Waals surface area contributed by atoms with Gasteiger partial charge in [0.25, 0.3) is 0 Å². The zero-order valence-corrected chi connectivity index (χ0v) is 11.3. The summed E-state index contributed by atoms with van der Waals surface area (Å²) in [6.07, 6.45) is 0.868. The van der Waals surface area contributed by atoms with Crippen molar-refractivity contribution in [3.63, 3.8) is 0 Å². The summed E-state index contributed by atoms with van der Waals surface area (Å²) in [4.78, 5) is 16.0. The molecule has 0 bridgehead atoms. The van der Waals surface area contributed by atoms with Crippen LogP contribution in [0.25, 0.3) is 0 Å². The summed E-state index contributed by atoms with van der Waals surface area (Å²) in [5.41, 5.74) is 0.932. The van der Waals surface area contributed by atoms with E-state index in [1.54, 1.807) is 0 Å². The summed E-state index contributed by atoms with van der Waals surface area (Å²) in [6.45, 7) is 3.33. The van der Waals surface area contributed by atoms with Crippen molar-refractivity contribution in [1.29, 1.82) is 0 Å². The zero-order chi connectivity index (χ0) is 13.0. The Hall–Kier alpha value is -1.18. The van der Waals surface area contributed by atoms with Gasteiger partial charge in [-0.3, -0.25) is 5.32 Å². The highest BCUT2D eigenvalue weighted by molar-refractivity contribution is 7.13. The van der Waals surface area contributed by atoms with Crippen molar-refractivity contribution < 1.29 is 9.53 Å². The summed E-state index contributed by atoms with van der Waals surface area (Å²) >= 11 is 1.43. The maximum absolute atomic E-state index is 11.7. The van der Waals surface area contributed by atoms with E-state index in [9.17, 15) is 4.79 Å². The maximum atomic E-state index is 11.7. The van der Waals surface area contributed by atoms with E-state index in [1.807, 2.05) is 19.4 Å². The number of aromatic nitrogens is 1. The molecule has 2 atom stereocenters. The minimum absolute atomic E-state index is 0.112. The van der Waals surface area contributed by atoms with E-state index in [1.165, 1.54) is 11.3 Å². The van der Waals surface area contributed by atoms with Crippen LogP contribution in [-0.4, -0.2) is 37.3 Å². The lowest BCUT2D eigenvalue weighted by Crippen LogP contribution is -2.38. The van der Waals surface area contributed by atoms with Crippen molar-refractivity contribution in [2.45, 2.75) is 25.4 Å². The molecule has 0 aliphatic carbocycles. The highest BCUT2D eigenvalue weighted by Gasteiger charge is 2.18. The van der Waals surface area contributed by atoms with Gasteiger partial charge in [0.1, 0.15) is 0 Å². The molecule has 1 fully saturated rings. The molecule has 2 heterocycles. The number of hydrogen-bond donors (Lipinski definition) is 3. The van der Waals surface area contributed by atoms with Gasteiger partial charge in [0, 0.05) is 18.0 Å². The molecule has 100 valence electrons. The Morgan fingerprint density at radius 3 is 3.17 bits per heavy atom. The number of urea groups is 1. The Kier molecular flexibility index (Phi) is 4.51. The van der Waals surface area contributed by atoms with Crippen molar-refractivity contribution in [2.24, 2.45) is 0 Å². The van der Waals surface area contributed by atoms with E-state index < -0.39 is 0 Å². The van der Waals surface area contributed by atoms with Gasteiger partial charge in [-0.1, -0.05) is 0 Å². The molecule has 2 unspecified atom stereocenters. The van der Waals surface area contributed by atoms with Crippen LogP contribution < -0.4 is 16.0 Å². The molecule has 1 aliphatic heterocycles. The molecule has 0 radical (unpaired) electrons. The lowest BCUT2D eigenvalue weighted by molar-refractivity contribution is 0.189. The van der Waals surface area contributed by atoms with Crippen molar-refractivity contribution >= 4 is 22.5 Å². The smallest absolute Gasteiger partial charge is 0.321 e. The van der Waals surface area contributed by atoms with Crippen molar-refractivity contribution in [3.8, 4) is 0 Å². The highest BCUT2D eigenvalue weighted by atomic mass is 32.1. The molecule has 2 rings (SSSR count). The number of carbonyl (C=O) groups is 1. The second-order valence-corrected chi connectivity index (χ2v) is 5.10. The molecule has 0 saturated carbocycles. The Balaban J connectivity index is 1.84. The first-order chi connectivity index (χ1) is 8.69.